The Morgan fingerprint density at radius 1 is 0.900 bits per heavy atom. The Morgan fingerprint density at radius 2 is 1.64 bits per heavy atom. The first-order chi connectivity index (χ1) is 23.7. The molecule has 3 heterocycles. The lowest BCUT2D eigenvalue weighted by atomic mass is 9.85. The molecule has 0 aliphatic carbocycles. The first-order valence-corrected chi connectivity index (χ1v) is 19.5. The smallest absolute Gasteiger partial charge is 0.225 e. The van der Waals surface area contributed by atoms with Crippen LogP contribution in [0.3, 0.4) is 0 Å². The minimum Gasteiger partial charge on any atom is -0.390 e. The number of hydrogen-bond acceptors (Lipinski definition) is 8. The van der Waals surface area contributed by atoms with Crippen LogP contribution >= 0.6 is 0 Å². The molecule has 10 nitrogen and oxygen atoms in total. The van der Waals surface area contributed by atoms with E-state index in [1.165, 1.54) is 0 Å². The largest absolute Gasteiger partial charge is 0.390 e. The number of ketones is 1. The van der Waals surface area contributed by atoms with Crippen LogP contribution in [0, 0.1) is 23.7 Å². The summed E-state index contributed by atoms with van der Waals surface area (Å²) in [5.74, 6) is -0.680. The molecule has 3 fully saturated rings. The molecular weight excluding hydrogens is 636 g/mol. The van der Waals surface area contributed by atoms with E-state index in [2.05, 4.69) is 30.6 Å². The van der Waals surface area contributed by atoms with Crippen molar-refractivity contribution in [1.29, 1.82) is 0 Å². The second-order valence-corrected chi connectivity index (χ2v) is 15.7. The van der Waals surface area contributed by atoms with Crippen molar-refractivity contribution in [2.75, 3.05) is 13.1 Å². The van der Waals surface area contributed by atoms with E-state index in [9.17, 15) is 24.6 Å². The lowest BCUT2D eigenvalue weighted by Crippen LogP contribution is -2.50. The summed E-state index contributed by atoms with van der Waals surface area (Å²) in [6, 6.07) is 0. The first kappa shape index (κ1) is 42.3. The normalized spacial score (nSPS) is 31.6. The van der Waals surface area contributed by atoms with E-state index in [-0.39, 0.29) is 60.9 Å². The zero-order valence-electron chi connectivity index (χ0n) is 32.0. The number of allylic oxidation sites excluding steroid dienone is 3. The summed E-state index contributed by atoms with van der Waals surface area (Å²) in [6.45, 7) is 14.2. The zero-order valence-corrected chi connectivity index (χ0v) is 32.0. The van der Waals surface area contributed by atoms with Crippen LogP contribution < -0.4 is 10.6 Å². The minimum absolute atomic E-state index is 0.0223. The lowest BCUT2D eigenvalue weighted by molar-refractivity contribution is -0.324. The van der Waals surface area contributed by atoms with Gasteiger partial charge in [-0.3, -0.25) is 14.4 Å². The average Bonchev–Trinajstić information content (AvgIpc) is 3.07. The standard InChI is InChI=1S/C40H68N2O8/c1-8-11-32(44)23-34-17-15-27(3)37(48-34)24-38(46)42-25-35(45)30(6)39(47)41-21-10-13-36-28(4)18-20-40(50-36)19-9-12-33(49-40)16-14-26(2)22-29(5)31(7)43/h8,11,22,26-28,30-31,33-37,43,45H,9-10,12-21,23-25H2,1-7H3,(H,41,47)(H,42,46)/b11-8+,29-22-/t26-,27-,28-,30-,31+,33-,34+,35-,36+,37-,40-/m0/s1. The van der Waals surface area contributed by atoms with Crippen LogP contribution in [0.4, 0.5) is 0 Å². The SMILES string of the molecule is C/C=C/C(=O)C[C@H]1CC[C@H](C)[C@H](CC(=O)NC[C@H](O)[C@H](C)C(=O)NCCC[C@H]2O[C@@]3(CCC[C@@H](CC[C@H](C)/C=C(/C)[C@@H](C)O)O3)CC[C@@H]2C)O1. The Balaban J connectivity index is 1.36. The van der Waals surface area contributed by atoms with Gasteiger partial charge in [-0.15, -0.1) is 0 Å². The third-order valence-electron chi connectivity index (χ3n) is 11.2. The molecule has 3 rings (SSSR count). The van der Waals surface area contributed by atoms with Gasteiger partial charge in [0.05, 0.1) is 49.0 Å². The second-order valence-electron chi connectivity index (χ2n) is 15.7. The summed E-state index contributed by atoms with van der Waals surface area (Å²) >= 11 is 0. The van der Waals surface area contributed by atoms with E-state index in [1.54, 1.807) is 26.0 Å². The third kappa shape index (κ3) is 13.8. The lowest BCUT2D eigenvalue weighted by Gasteiger charge is -2.48. The van der Waals surface area contributed by atoms with Crippen molar-refractivity contribution >= 4 is 17.6 Å². The molecule has 50 heavy (non-hydrogen) atoms. The summed E-state index contributed by atoms with van der Waals surface area (Å²) in [4.78, 5) is 37.6. The van der Waals surface area contributed by atoms with Crippen LogP contribution in [0.15, 0.2) is 23.8 Å². The Hall–Kier alpha value is -2.11. The van der Waals surface area contributed by atoms with Crippen LogP contribution in [-0.4, -0.2) is 83.3 Å². The van der Waals surface area contributed by atoms with Gasteiger partial charge in [-0.1, -0.05) is 39.8 Å². The highest BCUT2D eigenvalue weighted by Crippen LogP contribution is 2.43. The molecule has 3 aliphatic heterocycles. The number of ether oxygens (including phenoxy) is 3. The fraction of sp³-hybridized carbons (Fsp3) is 0.825. The molecule has 3 saturated heterocycles. The monoisotopic (exact) mass is 704 g/mol. The van der Waals surface area contributed by atoms with Crippen LogP contribution in [0.1, 0.15) is 132 Å². The van der Waals surface area contributed by atoms with Crippen LogP contribution in [0.25, 0.3) is 0 Å². The van der Waals surface area contributed by atoms with Gasteiger partial charge in [0.2, 0.25) is 11.8 Å². The van der Waals surface area contributed by atoms with Gasteiger partial charge in [0, 0.05) is 32.4 Å². The van der Waals surface area contributed by atoms with E-state index < -0.39 is 23.9 Å². The predicted molar refractivity (Wildman–Crippen MR) is 195 cm³/mol. The number of hydrogen-bond donors (Lipinski definition) is 4. The third-order valence-corrected chi connectivity index (χ3v) is 11.2. The van der Waals surface area contributed by atoms with Crippen molar-refractivity contribution < 1.29 is 38.8 Å². The summed E-state index contributed by atoms with van der Waals surface area (Å²) in [6.07, 6.45) is 14.5. The number of carbonyl (C=O) groups excluding carboxylic acids is 3. The van der Waals surface area contributed by atoms with Gasteiger partial charge in [-0.25, -0.2) is 0 Å². The Labute approximate surface area is 301 Å². The molecule has 0 unspecified atom stereocenters. The summed E-state index contributed by atoms with van der Waals surface area (Å²) in [5.41, 5.74) is 1.01. The van der Waals surface area contributed by atoms with E-state index in [1.807, 2.05) is 20.8 Å². The predicted octanol–water partition coefficient (Wildman–Crippen LogP) is 5.93. The van der Waals surface area contributed by atoms with E-state index in [0.29, 0.717) is 24.8 Å². The molecule has 4 N–H and O–H groups in total. The zero-order chi connectivity index (χ0) is 36.8. The van der Waals surface area contributed by atoms with Crippen molar-refractivity contribution in [2.24, 2.45) is 23.7 Å². The first-order valence-electron chi connectivity index (χ1n) is 19.5. The highest BCUT2D eigenvalue weighted by Gasteiger charge is 2.44. The molecule has 3 aliphatic rings. The molecule has 2 amide bonds. The topological polar surface area (TPSA) is 143 Å². The number of aliphatic hydroxyl groups is 2. The van der Waals surface area contributed by atoms with Crippen molar-refractivity contribution in [3.8, 4) is 0 Å². The molecule has 0 aromatic rings. The highest BCUT2D eigenvalue weighted by molar-refractivity contribution is 5.89. The second kappa shape index (κ2) is 20.8. The van der Waals surface area contributed by atoms with Gasteiger partial charge in [0.25, 0.3) is 0 Å². The molecule has 0 aromatic carbocycles. The van der Waals surface area contributed by atoms with Crippen LogP contribution in [-0.2, 0) is 28.6 Å². The Bertz CT molecular complexity index is 1140. The van der Waals surface area contributed by atoms with Gasteiger partial charge >= 0.3 is 0 Å². The molecule has 0 bridgehead atoms. The summed E-state index contributed by atoms with van der Waals surface area (Å²) in [7, 11) is 0. The van der Waals surface area contributed by atoms with Crippen molar-refractivity contribution in [3.05, 3.63) is 23.8 Å². The molecule has 0 aromatic heterocycles. The van der Waals surface area contributed by atoms with Gasteiger partial charge in [0.15, 0.2) is 11.6 Å². The number of carbonyl (C=O) groups is 3. The number of rotatable bonds is 18. The quantitative estimate of drug-likeness (QED) is 0.0782. The maximum Gasteiger partial charge on any atom is 0.225 e. The summed E-state index contributed by atoms with van der Waals surface area (Å²) in [5, 5.41) is 26.2. The maximum absolute atomic E-state index is 12.9. The van der Waals surface area contributed by atoms with Gasteiger partial charge in [0.1, 0.15) is 0 Å². The number of nitrogens with one attached hydrogen (secondary N) is 2. The van der Waals surface area contributed by atoms with E-state index >= 15 is 0 Å². The average molecular weight is 705 g/mol. The fourth-order valence-corrected chi connectivity index (χ4v) is 7.51. The maximum atomic E-state index is 12.9. The molecule has 10 heteroatoms. The minimum atomic E-state index is -1.02. The van der Waals surface area contributed by atoms with Gasteiger partial charge in [-0.05, 0) is 108 Å². The van der Waals surface area contributed by atoms with E-state index in [4.69, 9.17) is 14.2 Å². The van der Waals surface area contributed by atoms with Gasteiger partial charge < -0.3 is 35.1 Å². The Morgan fingerprint density at radius 3 is 2.36 bits per heavy atom. The molecule has 286 valence electrons. The van der Waals surface area contributed by atoms with E-state index in [0.717, 1.165) is 76.2 Å². The Kier molecular flexibility index (Phi) is 17.6. The van der Waals surface area contributed by atoms with Crippen molar-refractivity contribution in [3.63, 3.8) is 0 Å². The highest BCUT2D eigenvalue weighted by atomic mass is 16.7. The molecular formula is C40H68N2O8. The molecule has 1 spiro atoms. The molecule has 0 saturated carbocycles. The number of amides is 2. The summed E-state index contributed by atoms with van der Waals surface area (Å²) < 4.78 is 19.5. The fourth-order valence-electron chi connectivity index (χ4n) is 7.51. The van der Waals surface area contributed by atoms with Crippen LogP contribution in [0.5, 0.6) is 0 Å². The molecule has 11 atom stereocenters. The number of aliphatic hydroxyl groups excluding tert-OH is 2. The molecule has 0 radical (unpaired) electrons. The van der Waals surface area contributed by atoms with Crippen molar-refractivity contribution in [1.82, 2.24) is 10.6 Å². The van der Waals surface area contributed by atoms with Crippen molar-refractivity contribution in [2.45, 2.75) is 174 Å². The van der Waals surface area contributed by atoms with Gasteiger partial charge in [-0.2, -0.15) is 0 Å². The van der Waals surface area contributed by atoms with Crippen LogP contribution in [0.2, 0.25) is 0 Å².